The molecule has 3 aliphatic heterocycles. The van der Waals surface area contributed by atoms with Crippen molar-refractivity contribution in [1.82, 2.24) is 9.91 Å². The minimum absolute atomic E-state index is 0.0602. The van der Waals surface area contributed by atoms with Gasteiger partial charge in [0.15, 0.2) is 11.5 Å². The van der Waals surface area contributed by atoms with E-state index in [1.54, 1.807) is 19.1 Å². The minimum atomic E-state index is -0.431. The highest BCUT2D eigenvalue weighted by Crippen LogP contribution is 2.39. The lowest BCUT2D eigenvalue weighted by atomic mass is 9.98. The van der Waals surface area contributed by atoms with E-state index in [1.165, 1.54) is 17.1 Å². The Kier molecular flexibility index (Phi) is 6.68. The Morgan fingerprint density at radius 1 is 1.11 bits per heavy atom. The molecule has 1 saturated heterocycles. The Balaban J connectivity index is 1.42. The number of amides is 1. The highest BCUT2D eigenvalue weighted by molar-refractivity contribution is 6.03. The molecule has 3 heterocycles. The lowest BCUT2D eigenvalue weighted by molar-refractivity contribution is -0.152. The van der Waals surface area contributed by atoms with Gasteiger partial charge in [-0.1, -0.05) is 24.6 Å². The van der Waals surface area contributed by atoms with Crippen LogP contribution >= 0.6 is 0 Å². The molecule has 0 spiro atoms. The number of fused-ring (bicyclic) bond motifs is 1. The Morgan fingerprint density at radius 3 is 2.71 bits per heavy atom. The molecule has 0 bridgehead atoms. The smallest absolute Gasteiger partial charge is 0.323 e. The number of carbonyl (C=O) groups is 2. The van der Waals surface area contributed by atoms with Crippen molar-refractivity contribution in [3.8, 4) is 11.5 Å². The molecule has 0 N–H and O–H groups in total. The van der Waals surface area contributed by atoms with Gasteiger partial charge in [-0.3, -0.25) is 14.5 Å². The standard InChI is InChI=1S/C26H28FN3O5/c1-2-33-26(32)21-5-3-4-12-29(21)15-25(31)30-22(18-8-11-23-24(13-18)35-16-34-23)14-20(28-30)17-6-9-19(27)10-7-17/h6-11,13,21-22H,2-5,12,14-16H2,1H3/t21-,22+/m1/s1. The van der Waals surface area contributed by atoms with E-state index in [-0.39, 0.29) is 37.1 Å². The zero-order chi connectivity index (χ0) is 24.4. The van der Waals surface area contributed by atoms with Crippen LogP contribution in [0.15, 0.2) is 47.6 Å². The van der Waals surface area contributed by atoms with E-state index in [0.717, 1.165) is 24.0 Å². The second-order valence-corrected chi connectivity index (χ2v) is 8.86. The molecule has 2 aromatic rings. The summed E-state index contributed by atoms with van der Waals surface area (Å²) in [6.45, 7) is 2.95. The molecule has 2 aromatic carbocycles. The number of piperidine rings is 1. The SMILES string of the molecule is CCOC(=O)[C@H]1CCCCN1CC(=O)N1N=C(c2ccc(F)cc2)C[C@H]1c1ccc2c(c1)OCO2. The second kappa shape index (κ2) is 10.0. The van der Waals surface area contributed by atoms with E-state index in [1.807, 2.05) is 23.1 Å². The van der Waals surface area contributed by atoms with Crippen molar-refractivity contribution in [3.05, 3.63) is 59.4 Å². The molecule has 184 valence electrons. The zero-order valence-corrected chi connectivity index (χ0v) is 19.6. The molecule has 0 aromatic heterocycles. The number of likely N-dealkylation sites (tertiary alicyclic amines) is 1. The number of esters is 1. The van der Waals surface area contributed by atoms with Crippen LogP contribution in [0.25, 0.3) is 0 Å². The average molecular weight is 482 g/mol. The van der Waals surface area contributed by atoms with Crippen LogP contribution in [0.5, 0.6) is 11.5 Å². The van der Waals surface area contributed by atoms with Crippen LogP contribution in [0.1, 0.15) is 49.8 Å². The fourth-order valence-corrected chi connectivity index (χ4v) is 4.87. The van der Waals surface area contributed by atoms with Gasteiger partial charge in [-0.2, -0.15) is 5.10 Å². The topological polar surface area (TPSA) is 80.7 Å². The Morgan fingerprint density at radius 2 is 1.91 bits per heavy atom. The largest absolute Gasteiger partial charge is 0.465 e. The third kappa shape index (κ3) is 4.86. The number of halogens is 1. The van der Waals surface area contributed by atoms with Gasteiger partial charge in [0, 0.05) is 6.42 Å². The number of hydrogen-bond acceptors (Lipinski definition) is 7. The van der Waals surface area contributed by atoms with E-state index >= 15 is 0 Å². The molecule has 1 amide bonds. The van der Waals surface area contributed by atoms with Crippen molar-refractivity contribution < 1.29 is 28.2 Å². The van der Waals surface area contributed by atoms with Gasteiger partial charge in [0.2, 0.25) is 6.79 Å². The third-order valence-corrected chi connectivity index (χ3v) is 6.64. The van der Waals surface area contributed by atoms with Crippen molar-refractivity contribution >= 4 is 17.6 Å². The summed E-state index contributed by atoms with van der Waals surface area (Å²) < 4.78 is 29.7. The van der Waals surface area contributed by atoms with Crippen LogP contribution in [-0.2, 0) is 14.3 Å². The van der Waals surface area contributed by atoms with E-state index in [4.69, 9.17) is 14.2 Å². The summed E-state index contributed by atoms with van der Waals surface area (Å²) in [5.74, 6) is 0.464. The van der Waals surface area contributed by atoms with Crippen molar-refractivity contribution in [2.24, 2.45) is 5.10 Å². The van der Waals surface area contributed by atoms with E-state index in [0.29, 0.717) is 43.2 Å². The number of hydrogen-bond donors (Lipinski definition) is 0. The zero-order valence-electron chi connectivity index (χ0n) is 19.6. The van der Waals surface area contributed by atoms with Crippen LogP contribution in [0.3, 0.4) is 0 Å². The van der Waals surface area contributed by atoms with Gasteiger partial charge >= 0.3 is 5.97 Å². The van der Waals surface area contributed by atoms with Gasteiger partial charge < -0.3 is 14.2 Å². The molecule has 1 fully saturated rings. The van der Waals surface area contributed by atoms with E-state index in [2.05, 4.69) is 5.10 Å². The average Bonchev–Trinajstić information content (AvgIpc) is 3.52. The second-order valence-electron chi connectivity index (χ2n) is 8.86. The molecular weight excluding hydrogens is 453 g/mol. The number of ether oxygens (including phenoxy) is 3. The molecule has 5 rings (SSSR count). The molecule has 3 aliphatic rings. The van der Waals surface area contributed by atoms with Crippen LogP contribution in [0.2, 0.25) is 0 Å². The summed E-state index contributed by atoms with van der Waals surface area (Å²) in [4.78, 5) is 28.0. The van der Waals surface area contributed by atoms with E-state index in [9.17, 15) is 14.0 Å². The number of hydrazone groups is 1. The summed E-state index contributed by atoms with van der Waals surface area (Å²) in [5, 5.41) is 6.17. The summed E-state index contributed by atoms with van der Waals surface area (Å²) >= 11 is 0. The normalized spacial score (nSPS) is 21.7. The van der Waals surface area contributed by atoms with Gasteiger partial charge in [-0.25, -0.2) is 9.40 Å². The predicted octanol–water partition coefficient (Wildman–Crippen LogP) is 3.65. The number of benzene rings is 2. The summed E-state index contributed by atoms with van der Waals surface area (Å²) in [5.41, 5.74) is 2.32. The Bertz CT molecular complexity index is 1140. The van der Waals surface area contributed by atoms with Crippen LogP contribution < -0.4 is 9.47 Å². The molecule has 35 heavy (non-hydrogen) atoms. The molecule has 8 nitrogen and oxygen atoms in total. The lowest BCUT2D eigenvalue weighted by Gasteiger charge is -2.34. The Labute approximate surface area is 203 Å². The van der Waals surface area contributed by atoms with Crippen LogP contribution in [-0.4, -0.2) is 60.0 Å². The molecule has 9 heteroatoms. The van der Waals surface area contributed by atoms with Gasteiger partial charge in [0.1, 0.15) is 11.9 Å². The molecule has 0 radical (unpaired) electrons. The first-order chi connectivity index (χ1) is 17.0. The fraction of sp³-hybridized carbons (Fsp3) is 0.423. The van der Waals surface area contributed by atoms with Gasteiger partial charge in [0.05, 0.1) is 24.9 Å². The molecule has 0 saturated carbocycles. The maximum atomic E-state index is 13.6. The quantitative estimate of drug-likeness (QED) is 0.586. The summed E-state index contributed by atoms with van der Waals surface area (Å²) in [7, 11) is 0. The number of rotatable bonds is 6. The molecule has 0 aliphatic carbocycles. The van der Waals surface area contributed by atoms with Crippen molar-refractivity contribution in [3.63, 3.8) is 0 Å². The lowest BCUT2D eigenvalue weighted by Crippen LogP contribution is -2.49. The Hall–Kier alpha value is -3.46. The van der Waals surface area contributed by atoms with Crippen molar-refractivity contribution in [2.45, 2.75) is 44.7 Å². The number of carbonyl (C=O) groups excluding carboxylic acids is 2. The first-order valence-corrected chi connectivity index (χ1v) is 12.0. The maximum absolute atomic E-state index is 13.6. The first kappa shape index (κ1) is 23.3. The van der Waals surface area contributed by atoms with Gasteiger partial charge in [0.25, 0.3) is 5.91 Å². The molecule has 0 unspecified atom stereocenters. The van der Waals surface area contributed by atoms with E-state index < -0.39 is 6.04 Å². The maximum Gasteiger partial charge on any atom is 0.323 e. The first-order valence-electron chi connectivity index (χ1n) is 12.0. The van der Waals surface area contributed by atoms with Crippen molar-refractivity contribution in [1.29, 1.82) is 0 Å². The molecule has 2 atom stereocenters. The summed E-state index contributed by atoms with van der Waals surface area (Å²) in [6, 6.07) is 10.9. The highest BCUT2D eigenvalue weighted by Gasteiger charge is 2.37. The monoisotopic (exact) mass is 481 g/mol. The predicted molar refractivity (Wildman–Crippen MR) is 126 cm³/mol. The number of nitrogens with zero attached hydrogens (tertiary/aromatic N) is 3. The van der Waals surface area contributed by atoms with Crippen molar-refractivity contribution in [2.75, 3.05) is 26.5 Å². The summed E-state index contributed by atoms with van der Waals surface area (Å²) in [6.07, 6.45) is 2.98. The third-order valence-electron chi connectivity index (χ3n) is 6.64. The fourth-order valence-electron chi connectivity index (χ4n) is 4.87. The van der Waals surface area contributed by atoms with Gasteiger partial charge in [-0.15, -0.1) is 0 Å². The molecular formula is C26H28FN3O5. The van der Waals surface area contributed by atoms with Crippen LogP contribution in [0, 0.1) is 5.82 Å². The van der Waals surface area contributed by atoms with Gasteiger partial charge in [-0.05, 0) is 61.7 Å². The minimum Gasteiger partial charge on any atom is -0.465 e. The van der Waals surface area contributed by atoms with Crippen LogP contribution in [0.4, 0.5) is 4.39 Å². The highest BCUT2D eigenvalue weighted by atomic mass is 19.1.